The zero-order chi connectivity index (χ0) is 16.3. The Morgan fingerprint density at radius 3 is 2.73 bits per heavy atom. The lowest BCUT2D eigenvalue weighted by Gasteiger charge is -2.37. The molecule has 0 aromatic heterocycles. The maximum absolute atomic E-state index is 13.3. The van der Waals surface area contributed by atoms with Crippen molar-refractivity contribution in [2.24, 2.45) is 11.3 Å². The van der Waals surface area contributed by atoms with Crippen LogP contribution < -0.4 is 5.32 Å². The van der Waals surface area contributed by atoms with Crippen molar-refractivity contribution in [3.8, 4) is 0 Å². The fourth-order valence-corrected chi connectivity index (χ4v) is 3.09. The molecule has 1 aromatic carbocycles. The Balaban J connectivity index is 1.97. The second-order valence-electron chi connectivity index (χ2n) is 7.58. The van der Waals surface area contributed by atoms with E-state index in [-0.39, 0.29) is 23.2 Å². The van der Waals surface area contributed by atoms with Crippen LogP contribution in [0.4, 0.5) is 4.39 Å². The Morgan fingerprint density at radius 1 is 1.36 bits per heavy atom. The fourth-order valence-electron chi connectivity index (χ4n) is 3.09. The Kier molecular flexibility index (Phi) is 5.22. The lowest BCUT2D eigenvalue weighted by molar-refractivity contribution is -0.129. The van der Waals surface area contributed by atoms with Gasteiger partial charge >= 0.3 is 0 Å². The number of hydrogen-bond acceptors (Lipinski definition) is 2. The molecule has 1 aromatic rings. The predicted molar refractivity (Wildman–Crippen MR) is 87.1 cm³/mol. The molecule has 3 nitrogen and oxygen atoms in total. The summed E-state index contributed by atoms with van der Waals surface area (Å²) in [7, 11) is 2.08. The maximum Gasteiger partial charge on any atom is 0.225 e. The normalized spacial score (nSPS) is 23.3. The quantitative estimate of drug-likeness (QED) is 0.931. The topological polar surface area (TPSA) is 32.3 Å². The van der Waals surface area contributed by atoms with Gasteiger partial charge in [-0.3, -0.25) is 4.79 Å². The zero-order valence-electron chi connectivity index (χ0n) is 14.0. The molecule has 0 spiro atoms. The smallest absolute Gasteiger partial charge is 0.225 e. The molecule has 0 bridgehead atoms. The number of rotatable bonds is 3. The average molecular weight is 306 g/mol. The number of benzene rings is 1. The van der Waals surface area contributed by atoms with Crippen molar-refractivity contribution in [2.75, 3.05) is 20.1 Å². The third-order valence-corrected chi connectivity index (χ3v) is 4.15. The monoisotopic (exact) mass is 306 g/mol. The minimum absolute atomic E-state index is 0.0947. The number of nitrogens with one attached hydrogen (secondary N) is 1. The van der Waals surface area contributed by atoms with Crippen LogP contribution in [-0.4, -0.2) is 37.0 Å². The number of likely N-dealkylation sites (tertiary alicyclic amines) is 1. The van der Waals surface area contributed by atoms with E-state index in [1.165, 1.54) is 6.07 Å². The zero-order valence-corrected chi connectivity index (χ0v) is 14.0. The number of halogens is 1. The van der Waals surface area contributed by atoms with Gasteiger partial charge in [0.1, 0.15) is 5.82 Å². The number of likely N-dealkylation sites (N-methyl/N-ethyl adjacent to an activating group) is 1. The molecule has 2 rings (SSSR count). The third-order valence-electron chi connectivity index (χ3n) is 4.15. The van der Waals surface area contributed by atoms with Gasteiger partial charge in [-0.2, -0.15) is 0 Å². The van der Waals surface area contributed by atoms with Crippen LogP contribution >= 0.6 is 0 Å². The molecule has 1 fully saturated rings. The van der Waals surface area contributed by atoms with Crippen LogP contribution in [0.25, 0.3) is 0 Å². The molecule has 1 amide bonds. The van der Waals surface area contributed by atoms with E-state index in [2.05, 4.69) is 17.3 Å². The number of nitrogens with zero attached hydrogens (tertiary/aromatic N) is 1. The molecule has 1 aliphatic rings. The van der Waals surface area contributed by atoms with Crippen molar-refractivity contribution in [3.63, 3.8) is 0 Å². The van der Waals surface area contributed by atoms with Crippen molar-refractivity contribution < 1.29 is 9.18 Å². The number of carbonyl (C=O) groups excluding carboxylic acids is 1. The van der Waals surface area contributed by atoms with Crippen LogP contribution in [-0.2, 0) is 11.2 Å². The second kappa shape index (κ2) is 6.78. The number of piperidine rings is 1. The molecule has 1 saturated heterocycles. The van der Waals surface area contributed by atoms with Crippen LogP contribution in [0.3, 0.4) is 0 Å². The molecule has 0 radical (unpaired) electrons. The van der Waals surface area contributed by atoms with Crippen LogP contribution in [0, 0.1) is 17.2 Å². The summed E-state index contributed by atoms with van der Waals surface area (Å²) in [6.07, 6.45) is 1.80. The molecule has 1 heterocycles. The summed E-state index contributed by atoms with van der Waals surface area (Å²) in [6, 6.07) is 6.99. The summed E-state index contributed by atoms with van der Waals surface area (Å²) in [5.74, 6) is 0.349. The first-order valence-corrected chi connectivity index (χ1v) is 7.98. The molecule has 1 aliphatic heterocycles. The molecule has 0 aliphatic carbocycles. The summed E-state index contributed by atoms with van der Waals surface area (Å²) in [4.78, 5) is 14.4. The van der Waals surface area contributed by atoms with E-state index in [0.29, 0.717) is 5.92 Å². The van der Waals surface area contributed by atoms with Gasteiger partial charge < -0.3 is 10.2 Å². The predicted octanol–water partition coefficient (Wildman–Crippen LogP) is 2.85. The average Bonchev–Trinajstić information content (AvgIpc) is 2.36. The van der Waals surface area contributed by atoms with Gasteiger partial charge in [0.25, 0.3) is 0 Å². The highest BCUT2D eigenvalue weighted by molar-refractivity contribution is 5.81. The molecular formula is C18H27FN2O. The van der Waals surface area contributed by atoms with Crippen molar-refractivity contribution in [3.05, 3.63) is 35.6 Å². The standard InChI is InChI=1S/C18H27FN2O/c1-18(2,3)17(22)20-16-10-14(11-21(4)12-16)8-13-6-5-7-15(19)9-13/h5-7,9,14,16H,8,10-12H2,1-4H3,(H,20,22). The van der Waals surface area contributed by atoms with Crippen molar-refractivity contribution in [1.82, 2.24) is 10.2 Å². The number of hydrogen-bond donors (Lipinski definition) is 1. The van der Waals surface area contributed by atoms with E-state index >= 15 is 0 Å². The van der Waals surface area contributed by atoms with Gasteiger partial charge in [0.2, 0.25) is 5.91 Å². The second-order valence-corrected chi connectivity index (χ2v) is 7.58. The van der Waals surface area contributed by atoms with Crippen LogP contribution in [0.15, 0.2) is 24.3 Å². The van der Waals surface area contributed by atoms with Crippen molar-refractivity contribution >= 4 is 5.91 Å². The Morgan fingerprint density at radius 2 is 2.09 bits per heavy atom. The molecular weight excluding hydrogens is 279 g/mol. The van der Waals surface area contributed by atoms with Gasteiger partial charge in [0.05, 0.1) is 0 Å². The molecule has 22 heavy (non-hydrogen) atoms. The van der Waals surface area contributed by atoms with E-state index in [0.717, 1.165) is 31.5 Å². The van der Waals surface area contributed by atoms with E-state index < -0.39 is 0 Å². The lowest BCUT2D eigenvalue weighted by Crippen LogP contribution is -2.52. The van der Waals surface area contributed by atoms with Gasteiger partial charge in [0, 0.05) is 24.5 Å². The Hall–Kier alpha value is -1.42. The van der Waals surface area contributed by atoms with E-state index in [4.69, 9.17) is 0 Å². The van der Waals surface area contributed by atoms with Crippen LogP contribution in [0.5, 0.6) is 0 Å². The summed E-state index contributed by atoms with van der Waals surface area (Å²) in [5, 5.41) is 3.16. The number of carbonyl (C=O) groups is 1. The minimum Gasteiger partial charge on any atom is -0.352 e. The minimum atomic E-state index is -0.367. The highest BCUT2D eigenvalue weighted by Gasteiger charge is 2.29. The summed E-state index contributed by atoms with van der Waals surface area (Å²) in [6.45, 7) is 7.65. The van der Waals surface area contributed by atoms with Crippen LogP contribution in [0.1, 0.15) is 32.8 Å². The fraction of sp³-hybridized carbons (Fsp3) is 0.611. The van der Waals surface area contributed by atoms with E-state index in [1.807, 2.05) is 26.8 Å². The van der Waals surface area contributed by atoms with Gasteiger partial charge in [-0.25, -0.2) is 4.39 Å². The van der Waals surface area contributed by atoms with Crippen molar-refractivity contribution in [1.29, 1.82) is 0 Å². The van der Waals surface area contributed by atoms with E-state index in [1.54, 1.807) is 12.1 Å². The molecule has 4 heteroatoms. The van der Waals surface area contributed by atoms with Gasteiger partial charge in [0.15, 0.2) is 0 Å². The van der Waals surface area contributed by atoms with Gasteiger partial charge in [-0.1, -0.05) is 32.9 Å². The Bertz CT molecular complexity index is 524. The molecule has 2 atom stereocenters. The highest BCUT2D eigenvalue weighted by atomic mass is 19.1. The maximum atomic E-state index is 13.3. The third kappa shape index (κ3) is 4.80. The first kappa shape index (κ1) is 16.9. The first-order valence-electron chi connectivity index (χ1n) is 7.98. The van der Waals surface area contributed by atoms with Crippen molar-refractivity contribution in [2.45, 2.75) is 39.7 Å². The largest absolute Gasteiger partial charge is 0.352 e. The summed E-state index contributed by atoms with van der Waals surface area (Å²) >= 11 is 0. The Labute approximate surface area is 132 Å². The number of amides is 1. The van der Waals surface area contributed by atoms with Gasteiger partial charge in [-0.05, 0) is 43.5 Å². The first-order chi connectivity index (χ1) is 10.2. The highest BCUT2D eigenvalue weighted by Crippen LogP contribution is 2.22. The van der Waals surface area contributed by atoms with Gasteiger partial charge in [-0.15, -0.1) is 0 Å². The summed E-state index contributed by atoms with van der Waals surface area (Å²) in [5.41, 5.74) is 0.662. The molecule has 2 unspecified atom stereocenters. The molecule has 122 valence electrons. The SMILES string of the molecule is CN1CC(Cc2cccc(F)c2)CC(NC(=O)C(C)(C)C)C1. The summed E-state index contributed by atoms with van der Waals surface area (Å²) < 4.78 is 13.3. The van der Waals surface area contributed by atoms with E-state index in [9.17, 15) is 9.18 Å². The van der Waals surface area contributed by atoms with Crippen LogP contribution in [0.2, 0.25) is 0 Å². The molecule has 0 saturated carbocycles. The molecule has 1 N–H and O–H groups in total. The lowest BCUT2D eigenvalue weighted by atomic mass is 9.88.